The lowest BCUT2D eigenvalue weighted by atomic mass is 10.2. The van der Waals surface area contributed by atoms with Crippen molar-refractivity contribution in [2.45, 2.75) is 43.9 Å². The summed E-state index contributed by atoms with van der Waals surface area (Å²) in [5.74, 6) is -0.922. The molecule has 0 saturated carbocycles. The molecule has 2 N–H and O–H groups in total. The van der Waals surface area contributed by atoms with Crippen LogP contribution >= 0.6 is 0 Å². The van der Waals surface area contributed by atoms with Crippen molar-refractivity contribution in [2.75, 3.05) is 33.7 Å². The van der Waals surface area contributed by atoms with E-state index in [1.807, 2.05) is 19.0 Å². The first kappa shape index (κ1) is 16.0. The van der Waals surface area contributed by atoms with Crippen molar-refractivity contribution < 1.29 is 19.4 Å². The van der Waals surface area contributed by atoms with E-state index in [4.69, 9.17) is 9.84 Å². The van der Waals surface area contributed by atoms with Crippen LogP contribution in [0.15, 0.2) is 0 Å². The summed E-state index contributed by atoms with van der Waals surface area (Å²) in [7, 11) is 4.01. The summed E-state index contributed by atoms with van der Waals surface area (Å²) in [6.45, 7) is 2.04. The molecule has 0 aliphatic carbocycles. The highest BCUT2D eigenvalue weighted by Gasteiger charge is 2.32. The summed E-state index contributed by atoms with van der Waals surface area (Å²) in [4.78, 5) is 27.0. The third-order valence-corrected chi connectivity index (χ3v) is 4.08. The van der Waals surface area contributed by atoms with Crippen molar-refractivity contribution in [2.24, 2.45) is 0 Å². The molecular weight excluding hydrogens is 274 g/mol. The van der Waals surface area contributed by atoms with Crippen LogP contribution in [0.25, 0.3) is 0 Å². The van der Waals surface area contributed by atoms with E-state index in [2.05, 4.69) is 10.2 Å². The second-order valence-corrected chi connectivity index (χ2v) is 6.10. The molecule has 2 aliphatic heterocycles. The van der Waals surface area contributed by atoms with Crippen LogP contribution in [0.1, 0.15) is 25.7 Å². The van der Waals surface area contributed by atoms with E-state index in [0.29, 0.717) is 19.4 Å². The molecule has 3 atom stereocenters. The van der Waals surface area contributed by atoms with Crippen LogP contribution in [0.3, 0.4) is 0 Å². The molecule has 0 aromatic heterocycles. The lowest BCUT2D eigenvalue weighted by molar-refractivity contribution is -0.149. The summed E-state index contributed by atoms with van der Waals surface area (Å²) >= 11 is 0. The van der Waals surface area contributed by atoms with E-state index in [-0.39, 0.29) is 18.2 Å². The largest absolute Gasteiger partial charge is 0.479 e. The summed E-state index contributed by atoms with van der Waals surface area (Å²) in [5, 5.41) is 11.8. The maximum Gasteiger partial charge on any atom is 0.332 e. The number of carboxylic acid groups (broad SMARTS) is 1. The van der Waals surface area contributed by atoms with E-state index in [1.165, 1.54) is 0 Å². The fourth-order valence-electron chi connectivity index (χ4n) is 3.05. The van der Waals surface area contributed by atoms with Crippen LogP contribution in [-0.2, 0) is 9.53 Å². The van der Waals surface area contributed by atoms with Gasteiger partial charge in [-0.15, -0.1) is 0 Å². The number of urea groups is 1. The van der Waals surface area contributed by atoms with Gasteiger partial charge in [0.05, 0.1) is 6.10 Å². The highest BCUT2D eigenvalue weighted by Crippen LogP contribution is 2.20. The molecule has 0 aromatic rings. The molecule has 2 aliphatic rings. The number of likely N-dealkylation sites (N-methyl/N-ethyl adjacent to an activating group) is 1. The third-order valence-electron chi connectivity index (χ3n) is 4.08. The Bertz CT molecular complexity index is 388. The molecule has 0 aromatic carbocycles. The molecule has 2 saturated heterocycles. The standard InChI is InChI=1S/C14H25N3O4/c1-16(2)9-10-4-3-7-17(10)14(20)15-8-11-5-6-12(21-11)13(18)19/h10-12H,3-9H2,1-2H3,(H,15,20)(H,18,19). The van der Waals surface area contributed by atoms with Crippen molar-refractivity contribution in [3.05, 3.63) is 0 Å². The molecular formula is C14H25N3O4. The minimum Gasteiger partial charge on any atom is -0.479 e. The summed E-state index contributed by atoms with van der Waals surface area (Å²) in [5.41, 5.74) is 0. The van der Waals surface area contributed by atoms with Gasteiger partial charge in [-0.05, 0) is 39.8 Å². The number of ether oxygens (including phenoxy) is 1. The molecule has 7 nitrogen and oxygen atoms in total. The fourth-order valence-corrected chi connectivity index (χ4v) is 3.05. The molecule has 2 rings (SSSR count). The van der Waals surface area contributed by atoms with E-state index < -0.39 is 12.1 Å². The Labute approximate surface area is 125 Å². The van der Waals surface area contributed by atoms with Crippen LogP contribution in [0.5, 0.6) is 0 Å². The number of carbonyl (C=O) groups is 2. The number of aliphatic carboxylic acids is 1. The lowest BCUT2D eigenvalue weighted by Gasteiger charge is -2.27. The quantitative estimate of drug-likeness (QED) is 0.766. The molecule has 120 valence electrons. The smallest absolute Gasteiger partial charge is 0.332 e. The molecule has 2 amide bonds. The molecule has 21 heavy (non-hydrogen) atoms. The number of amides is 2. The van der Waals surface area contributed by atoms with Gasteiger partial charge in [-0.3, -0.25) is 0 Å². The highest BCUT2D eigenvalue weighted by molar-refractivity contribution is 5.75. The summed E-state index contributed by atoms with van der Waals surface area (Å²) in [6.07, 6.45) is 2.35. The Morgan fingerprint density at radius 3 is 2.71 bits per heavy atom. The van der Waals surface area contributed by atoms with Crippen LogP contribution < -0.4 is 5.32 Å². The minimum atomic E-state index is -0.922. The van der Waals surface area contributed by atoms with Gasteiger partial charge in [-0.2, -0.15) is 0 Å². The van der Waals surface area contributed by atoms with Crippen molar-refractivity contribution in [1.82, 2.24) is 15.1 Å². The maximum atomic E-state index is 12.2. The van der Waals surface area contributed by atoms with E-state index >= 15 is 0 Å². The van der Waals surface area contributed by atoms with Gasteiger partial charge >= 0.3 is 12.0 Å². The van der Waals surface area contributed by atoms with Crippen LogP contribution in [0.2, 0.25) is 0 Å². The predicted molar refractivity (Wildman–Crippen MR) is 77.2 cm³/mol. The fraction of sp³-hybridized carbons (Fsp3) is 0.857. The summed E-state index contributed by atoms with van der Waals surface area (Å²) in [6, 6.07) is 0.193. The van der Waals surface area contributed by atoms with E-state index in [0.717, 1.165) is 25.9 Å². The van der Waals surface area contributed by atoms with Crippen LogP contribution in [0, 0.1) is 0 Å². The van der Waals surface area contributed by atoms with E-state index in [1.54, 1.807) is 0 Å². The topological polar surface area (TPSA) is 82.1 Å². The molecule has 7 heteroatoms. The maximum absolute atomic E-state index is 12.2. The molecule has 2 heterocycles. The Morgan fingerprint density at radius 2 is 2.10 bits per heavy atom. The monoisotopic (exact) mass is 299 g/mol. The zero-order valence-electron chi connectivity index (χ0n) is 12.7. The lowest BCUT2D eigenvalue weighted by Crippen LogP contribution is -2.47. The van der Waals surface area contributed by atoms with Gasteiger partial charge in [0.1, 0.15) is 0 Å². The van der Waals surface area contributed by atoms with Gasteiger partial charge in [-0.1, -0.05) is 0 Å². The number of rotatable bonds is 5. The van der Waals surface area contributed by atoms with E-state index in [9.17, 15) is 9.59 Å². The first-order chi connectivity index (χ1) is 9.97. The number of carbonyl (C=O) groups excluding carboxylic acids is 1. The van der Waals surface area contributed by atoms with Crippen LogP contribution in [-0.4, -0.2) is 78.9 Å². The Morgan fingerprint density at radius 1 is 1.33 bits per heavy atom. The molecule has 0 radical (unpaired) electrons. The Hall–Kier alpha value is -1.34. The van der Waals surface area contributed by atoms with Crippen molar-refractivity contribution in [3.8, 4) is 0 Å². The first-order valence-electron chi connectivity index (χ1n) is 7.55. The number of carboxylic acids is 1. The molecule has 0 bridgehead atoms. The van der Waals surface area contributed by atoms with Gasteiger partial charge in [0.2, 0.25) is 0 Å². The highest BCUT2D eigenvalue weighted by atomic mass is 16.5. The molecule has 2 fully saturated rings. The molecule has 3 unspecified atom stereocenters. The van der Waals surface area contributed by atoms with Gasteiger partial charge in [0.15, 0.2) is 6.10 Å². The Kier molecular flexibility index (Phi) is 5.41. The average molecular weight is 299 g/mol. The third kappa shape index (κ3) is 4.31. The number of nitrogens with zero attached hydrogens (tertiary/aromatic N) is 2. The number of hydrogen-bond donors (Lipinski definition) is 2. The number of hydrogen-bond acceptors (Lipinski definition) is 4. The number of likely N-dealkylation sites (tertiary alicyclic amines) is 1. The van der Waals surface area contributed by atoms with Crippen molar-refractivity contribution in [3.63, 3.8) is 0 Å². The van der Waals surface area contributed by atoms with Gasteiger partial charge in [0, 0.05) is 25.7 Å². The molecule has 0 spiro atoms. The second-order valence-electron chi connectivity index (χ2n) is 6.10. The normalized spacial score (nSPS) is 29.1. The number of nitrogens with one attached hydrogen (secondary N) is 1. The second kappa shape index (κ2) is 7.09. The summed E-state index contributed by atoms with van der Waals surface area (Å²) < 4.78 is 5.39. The predicted octanol–water partition coefficient (Wildman–Crippen LogP) is 0.354. The average Bonchev–Trinajstić information content (AvgIpc) is 3.04. The van der Waals surface area contributed by atoms with Gasteiger partial charge < -0.3 is 25.0 Å². The zero-order chi connectivity index (χ0) is 15.4. The van der Waals surface area contributed by atoms with Gasteiger partial charge in [-0.25, -0.2) is 9.59 Å². The van der Waals surface area contributed by atoms with Crippen molar-refractivity contribution in [1.29, 1.82) is 0 Å². The minimum absolute atomic E-state index is 0.0678. The zero-order valence-corrected chi connectivity index (χ0v) is 12.7. The first-order valence-corrected chi connectivity index (χ1v) is 7.55. The van der Waals surface area contributed by atoms with Crippen molar-refractivity contribution >= 4 is 12.0 Å². The van der Waals surface area contributed by atoms with Gasteiger partial charge in [0.25, 0.3) is 0 Å². The Balaban J connectivity index is 1.75. The van der Waals surface area contributed by atoms with Crippen LogP contribution in [0.4, 0.5) is 4.79 Å². The SMILES string of the molecule is CN(C)CC1CCCN1C(=O)NCC1CCC(C(=O)O)O1.